The molecule has 1 radical (unpaired) electrons. The van der Waals surface area contributed by atoms with Crippen LogP contribution in [0.25, 0.3) is 133 Å². The molecule has 3 aliphatic rings. The maximum atomic E-state index is 5.24. The summed E-state index contributed by atoms with van der Waals surface area (Å²) in [6.45, 7) is 0. The summed E-state index contributed by atoms with van der Waals surface area (Å²) in [5.41, 5.74) is 6.37. The average Bonchev–Trinajstić information content (AvgIpc) is 3.95. The van der Waals surface area contributed by atoms with Crippen molar-refractivity contribution in [2.24, 2.45) is 0 Å². The Hall–Kier alpha value is -7.30. The molecule has 0 aliphatic carbocycles. The van der Waals surface area contributed by atoms with Gasteiger partial charge in [-0.3, -0.25) is 0 Å². The van der Waals surface area contributed by atoms with Crippen LogP contribution in [0.3, 0.4) is 0 Å². The molecule has 0 saturated carbocycles. The predicted octanol–water partition coefficient (Wildman–Crippen LogP) is 9.82. The summed E-state index contributed by atoms with van der Waals surface area (Å²) in [5, 5.41) is 10.5. The molecule has 2 N–H and O–H groups in total. The van der Waals surface area contributed by atoms with Gasteiger partial charge in [0, 0.05) is 45.5 Å². The molecule has 0 saturated heterocycles. The number of benzene rings is 8. The smallest absolute Gasteiger partial charge is 0.412 e. The largest absolute Gasteiger partial charge is 2.00 e. The van der Waals surface area contributed by atoms with Crippen LogP contribution in [0.15, 0.2) is 146 Å². The van der Waals surface area contributed by atoms with E-state index in [2.05, 4.69) is 97.1 Å². The fraction of sp³-hybridized carbons (Fsp3) is 0. The Kier molecular flexibility index (Phi) is 7.39. The summed E-state index contributed by atoms with van der Waals surface area (Å²) in [4.78, 5) is 41.6. The predicted molar refractivity (Wildman–Crippen MR) is 226 cm³/mol. The van der Waals surface area contributed by atoms with Gasteiger partial charge in [0.05, 0.1) is 11.6 Å². The van der Waals surface area contributed by atoms with E-state index in [0.29, 0.717) is 46.2 Å². The molecule has 0 unspecified atom stereocenters. The van der Waals surface area contributed by atoms with Crippen molar-refractivity contribution in [3.05, 3.63) is 146 Å². The molecule has 0 spiro atoms. The van der Waals surface area contributed by atoms with Crippen LogP contribution >= 0.6 is 0 Å². The first-order valence-corrected chi connectivity index (χ1v) is 18.5. The normalized spacial score (nSPS) is 11.9. The summed E-state index contributed by atoms with van der Waals surface area (Å²) < 4.78 is 0. The molecule has 9 nitrogen and oxygen atoms in total. The molecular weight excluding hydrogens is 756 g/mol. The van der Waals surface area contributed by atoms with E-state index in [1.807, 2.05) is 48.5 Å². The van der Waals surface area contributed by atoms with Crippen LogP contribution in [0.5, 0.6) is 0 Å². The summed E-state index contributed by atoms with van der Waals surface area (Å²) in [6.07, 6.45) is 0. The van der Waals surface area contributed by atoms with Crippen LogP contribution < -0.4 is 9.97 Å². The van der Waals surface area contributed by atoms with E-state index < -0.39 is 0 Å². The van der Waals surface area contributed by atoms with E-state index in [1.165, 1.54) is 0 Å². The zero-order valence-corrected chi connectivity index (χ0v) is 31.8. The standard InChI is InChI=1S/C48H24N8.H2O.V/c1-2-10-26-18-34-33(17-25(26)9-1)41-49-42(34)54-44-37-21-29-13-5-6-14-30(29)22-38(37)46(51-44)56-48-40-24-32-16-8-7-15-31(32)23-39(40)47(52-48)55-45-36-20-28-12-4-3-11-27(28)19-35(36)43(50-45)53-41;;/h1-24H;1H2;/q-2;;+2. The summed E-state index contributed by atoms with van der Waals surface area (Å²) in [6, 6.07) is 50.4. The van der Waals surface area contributed by atoms with Gasteiger partial charge in [0.15, 0.2) is 5.82 Å². The van der Waals surface area contributed by atoms with Gasteiger partial charge in [0.25, 0.3) is 0 Å². The molecular formula is C48H26N8OV. The third-order valence-corrected chi connectivity index (χ3v) is 11.2. The van der Waals surface area contributed by atoms with Crippen LogP contribution in [-0.4, -0.2) is 35.4 Å². The maximum absolute atomic E-state index is 5.24. The minimum absolute atomic E-state index is 0. The molecule has 8 aromatic carbocycles. The first kappa shape index (κ1) is 34.0. The van der Waals surface area contributed by atoms with E-state index in [9.17, 15) is 0 Å². The van der Waals surface area contributed by atoms with Crippen molar-refractivity contribution in [1.29, 1.82) is 0 Å². The van der Waals surface area contributed by atoms with E-state index in [4.69, 9.17) is 39.9 Å². The Labute approximate surface area is 341 Å². The van der Waals surface area contributed by atoms with Crippen molar-refractivity contribution in [1.82, 2.24) is 39.9 Å². The third-order valence-electron chi connectivity index (χ3n) is 11.2. The minimum Gasteiger partial charge on any atom is -0.412 e. The number of fused-ring (bicyclic) bond motifs is 24. The quantitative estimate of drug-likeness (QED) is 0.148. The van der Waals surface area contributed by atoms with Crippen LogP contribution in [0.1, 0.15) is 0 Å². The third kappa shape index (κ3) is 5.01. The van der Waals surface area contributed by atoms with Gasteiger partial charge in [-0.2, -0.15) is 0 Å². The van der Waals surface area contributed by atoms with Gasteiger partial charge in [0.1, 0.15) is 0 Å². The van der Waals surface area contributed by atoms with Gasteiger partial charge in [-0.1, -0.05) is 97.1 Å². The Balaban J connectivity index is 0.00000193. The first-order chi connectivity index (χ1) is 27.7. The first-order valence-electron chi connectivity index (χ1n) is 18.5. The molecule has 10 aromatic rings. The summed E-state index contributed by atoms with van der Waals surface area (Å²) in [5.74, 6) is 3.21. The minimum atomic E-state index is 0. The molecule has 13 rings (SSSR count). The number of hydrogen-bond acceptors (Lipinski definition) is 6. The van der Waals surface area contributed by atoms with Gasteiger partial charge in [0.2, 0.25) is 0 Å². The fourth-order valence-electron chi connectivity index (χ4n) is 8.41. The van der Waals surface area contributed by atoms with Gasteiger partial charge >= 0.3 is 18.6 Å². The van der Waals surface area contributed by atoms with Crippen LogP contribution in [0, 0.1) is 0 Å². The maximum Gasteiger partial charge on any atom is 2.00 e. The number of nitrogens with zero attached hydrogens (tertiary/aromatic N) is 8. The molecule has 58 heavy (non-hydrogen) atoms. The summed E-state index contributed by atoms with van der Waals surface area (Å²) in [7, 11) is 0. The monoisotopic (exact) mass is 781 g/mol. The zero-order valence-electron chi connectivity index (χ0n) is 30.4. The van der Waals surface area contributed by atoms with E-state index in [1.54, 1.807) is 0 Å². The second-order valence-corrected chi connectivity index (χ2v) is 14.5. The zero-order chi connectivity index (χ0) is 36.5. The fourth-order valence-corrected chi connectivity index (χ4v) is 8.41. The molecule has 8 bridgehead atoms. The number of aromatic nitrogens is 8. The van der Waals surface area contributed by atoms with Crippen molar-refractivity contribution in [3.8, 4) is 68.3 Å². The Morgan fingerprint density at radius 3 is 0.948 bits per heavy atom. The van der Waals surface area contributed by atoms with Gasteiger partial charge in [-0.15, -0.1) is 0 Å². The van der Waals surface area contributed by atoms with E-state index >= 15 is 0 Å². The van der Waals surface area contributed by atoms with Gasteiger partial charge in [-0.05, 0) is 119 Å². The Morgan fingerprint density at radius 2 is 0.569 bits per heavy atom. The number of hydrogen-bond donors (Lipinski definition) is 0. The van der Waals surface area contributed by atoms with Crippen molar-refractivity contribution < 1.29 is 24.0 Å². The number of rotatable bonds is 0. The topological polar surface area (TPSA) is 137 Å². The molecule has 0 fully saturated rings. The van der Waals surface area contributed by atoms with Gasteiger partial charge < -0.3 is 35.4 Å². The molecule has 269 valence electrons. The molecule has 0 atom stereocenters. The average molecular weight is 782 g/mol. The van der Waals surface area contributed by atoms with Crippen molar-refractivity contribution in [3.63, 3.8) is 0 Å². The van der Waals surface area contributed by atoms with Crippen LogP contribution in [0.4, 0.5) is 0 Å². The van der Waals surface area contributed by atoms with E-state index in [0.717, 1.165) is 87.2 Å². The van der Waals surface area contributed by atoms with E-state index in [-0.39, 0.29) is 24.0 Å². The van der Waals surface area contributed by atoms with Crippen molar-refractivity contribution >= 4 is 65.2 Å². The van der Waals surface area contributed by atoms with Crippen LogP contribution in [0.2, 0.25) is 0 Å². The van der Waals surface area contributed by atoms with Gasteiger partial charge in [-0.25, -0.2) is 9.97 Å². The molecule has 0 amide bonds. The Bertz CT molecular complexity index is 3400. The van der Waals surface area contributed by atoms with Crippen molar-refractivity contribution in [2.45, 2.75) is 0 Å². The summed E-state index contributed by atoms with van der Waals surface area (Å²) >= 11 is 0. The SMILES string of the molecule is O.[V+2].c1ccc2cc3c(cc2c1)-c1nc-3nc2[n-]c(nc3nc([n-]c4nc(n1)-c1cc5ccccc5cc1-4)-c1cc4ccccc4cc1-3)c1cc3ccccc3cc21. The molecule has 3 aliphatic heterocycles. The van der Waals surface area contributed by atoms with Crippen molar-refractivity contribution in [2.75, 3.05) is 0 Å². The molecule has 5 heterocycles. The second kappa shape index (κ2) is 12.6. The second-order valence-electron chi connectivity index (χ2n) is 14.5. The molecule has 2 aromatic heterocycles. The molecule has 10 heteroatoms. The Morgan fingerprint density at radius 1 is 0.293 bits per heavy atom. The van der Waals surface area contributed by atoms with Crippen LogP contribution in [-0.2, 0) is 18.6 Å².